The van der Waals surface area contributed by atoms with Gasteiger partial charge in [-0.25, -0.2) is 4.39 Å². The summed E-state index contributed by atoms with van der Waals surface area (Å²) in [5.41, 5.74) is 0.612. The number of benzene rings is 1. The SMILES string of the molecule is CC1(C)CN(CCCC(=O)c2ccc(F)cc2)CCS1. The lowest BCUT2D eigenvalue weighted by Gasteiger charge is -2.37. The molecule has 1 aromatic rings. The molecule has 0 N–H and O–H groups in total. The number of carbonyl (C=O) groups excluding carboxylic acids is 1. The van der Waals surface area contributed by atoms with Gasteiger partial charge in [0.2, 0.25) is 0 Å². The van der Waals surface area contributed by atoms with E-state index >= 15 is 0 Å². The average Bonchev–Trinajstić information content (AvgIpc) is 2.38. The number of halogens is 1. The van der Waals surface area contributed by atoms with E-state index in [2.05, 4.69) is 18.7 Å². The minimum atomic E-state index is -0.297. The Hall–Kier alpha value is -0.870. The molecule has 110 valence electrons. The third kappa shape index (κ3) is 4.60. The van der Waals surface area contributed by atoms with Gasteiger partial charge in [0.05, 0.1) is 0 Å². The van der Waals surface area contributed by atoms with Gasteiger partial charge in [-0.1, -0.05) is 0 Å². The van der Waals surface area contributed by atoms with Crippen molar-refractivity contribution in [1.29, 1.82) is 0 Å². The van der Waals surface area contributed by atoms with Gasteiger partial charge in [-0.15, -0.1) is 0 Å². The highest BCUT2D eigenvalue weighted by atomic mass is 32.2. The molecule has 1 heterocycles. The molecular formula is C16H22FNOS. The monoisotopic (exact) mass is 295 g/mol. The van der Waals surface area contributed by atoms with Crippen molar-refractivity contribution in [3.05, 3.63) is 35.6 Å². The maximum absolute atomic E-state index is 12.8. The zero-order valence-corrected chi connectivity index (χ0v) is 13.0. The molecule has 1 aromatic carbocycles. The first-order valence-electron chi connectivity index (χ1n) is 7.11. The van der Waals surface area contributed by atoms with Gasteiger partial charge in [0.15, 0.2) is 5.78 Å². The first-order valence-corrected chi connectivity index (χ1v) is 8.10. The van der Waals surface area contributed by atoms with Crippen LogP contribution in [0.4, 0.5) is 4.39 Å². The molecule has 0 spiro atoms. The number of hydrogen-bond acceptors (Lipinski definition) is 3. The summed E-state index contributed by atoms with van der Waals surface area (Å²) in [7, 11) is 0. The molecule has 0 unspecified atom stereocenters. The Morgan fingerprint density at radius 1 is 1.35 bits per heavy atom. The Morgan fingerprint density at radius 3 is 2.70 bits per heavy atom. The molecule has 2 nitrogen and oxygen atoms in total. The highest BCUT2D eigenvalue weighted by Crippen LogP contribution is 2.29. The third-order valence-corrected chi connectivity index (χ3v) is 4.85. The van der Waals surface area contributed by atoms with E-state index in [4.69, 9.17) is 0 Å². The summed E-state index contributed by atoms with van der Waals surface area (Å²) in [5, 5.41) is 0. The molecule has 20 heavy (non-hydrogen) atoms. The summed E-state index contributed by atoms with van der Waals surface area (Å²) in [6, 6.07) is 5.83. The summed E-state index contributed by atoms with van der Waals surface area (Å²) >= 11 is 2.02. The van der Waals surface area contributed by atoms with Crippen LogP contribution < -0.4 is 0 Å². The number of hydrogen-bond donors (Lipinski definition) is 0. The second kappa shape index (κ2) is 6.72. The normalized spacial score (nSPS) is 18.9. The Morgan fingerprint density at radius 2 is 2.05 bits per heavy atom. The topological polar surface area (TPSA) is 20.3 Å². The van der Waals surface area contributed by atoms with Crippen LogP contribution >= 0.6 is 11.8 Å². The van der Waals surface area contributed by atoms with E-state index in [1.54, 1.807) is 12.1 Å². The maximum Gasteiger partial charge on any atom is 0.162 e. The summed E-state index contributed by atoms with van der Waals surface area (Å²) < 4.78 is 13.1. The second-order valence-electron chi connectivity index (χ2n) is 5.92. The highest BCUT2D eigenvalue weighted by molar-refractivity contribution is 8.00. The van der Waals surface area contributed by atoms with Crippen molar-refractivity contribution in [2.75, 3.05) is 25.4 Å². The van der Waals surface area contributed by atoms with Crippen molar-refractivity contribution in [2.45, 2.75) is 31.4 Å². The molecule has 1 aliphatic rings. The van der Waals surface area contributed by atoms with Crippen molar-refractivity contribution in [3.63, 3.8) is 0 Å². The van der Waals surface area contributed by atoms with Crippen LogP contribution in [0, 0.1) is 5.82 Å². The molecule has 0 aliphatic carbocycles. The number of nitrogens with zero attached hydrogens (tertiary/aromatic N) is 1. The number of thioether (sulfide) groups is 1. The maximum atomic E-state index is 12.8. The number of carbonyl (C=O) groups is 1. The molecule has 0 saturated carbocycles. The fourth-order valence-corrected chi connectivity index (χ4v) is 3.72. The molecule has 0 amide bonds. The molecular weight excluding hydrogens is 273 g/mol. The Kier molecular flexibility index (Phi) is 5.22. The smallest absolute Gasteiger partial charge is 0.162 e. The van der Waals surface area contributed by atoms with Crippen LogP contribution in [-0.4, -0.2) is 40.8 Å². The van der Waals surface area contributed by atoms with Crippen LogP contribution in [0.5, 0.6) is 0 Å². The molecule has 2 rings (SSSR count). The van der Waals surface area contributed by atoms with Crippen molar-refractivity contribution < 1.29 is 9.18 Å². The quantitative estimate of drug-likeness (QED) is 0.774. The van der Waals surface area contributed by atoms with Gasteiger partial charge < -0.3 is 4.90 Å². The second-order valence-corrected chi connectivity index (χ2v) is 7.72. The number of Topliss-reactive ketones (excluding diaryl/α,β-unsaturated/α-hetero) is 1. The van der Waals surface area contributed by atoms with Crippen molar-refractivity contribution in [1.82, 2.24) is 4.90 Å². The number of rotatable bonds is 5. The van der Waals surface area contributed by atoms with E-state index in [-0.39, 0.29) is 11.6 Å². The zero-order chi connectivity index (χ0) is 14.6. The van der Waals surface area contributed by atoms with E-state index in [0.29, 0.717) is 16.7 Å². The van der Waals surface area contributed by atoms with E-state index in [9.17, 15) is 9.18 Å². The lowest BCUT2D eigenvalue weighted by atomic mass is 10.1. The molecule has 0 aromatic heterocycles. The number of ketones is 1. The van der Waals surface area contributed by atoms with Gasteiger partial charge in [0.25, 0.3) is 0 Å². The van der Waals surface area contributed by atoms with Crippen LogP contribution in [-0.2, 0) is 0 Å². The minimum absolute atomic E-state index is 0.107. The highest BCUT2D eigenvalue weighted by Gasteiger charge is 2.26. The van der Waals surface area contributed by atoms with Gasteiger partial charge in [-0.2, -0.15) is 11.8 Å². The first kappa shape index (κ1) is 15.5. The summed E-state index contributed by atoms with van der Waals surface area (Å²) in [5.74, 6) is 0.976. The van der Waals surface area contributed by atoms with Gasteiger partial charge in [0.1, 0.15) is 5.82 Å². The molecule has 1 saturated heterocycles. The molecule has 1 aliphatic heterocycles. The minimum Gasteiger partial charge on any atom is -0.301 e. The van der Waals surface area contributed by atoms with E-state index in [1.165, 1.54) is 17.9 Å². The molecule has 0 atom stereocenters. The molecule has 4 heteroatoms. The largest absolute Gasteiger partial charge is 0.301 e. The molecule has 0 bridgehead atoms. The summed E-state index contributed by atoms with van der Waals surface area (Å²) in [6.07, 6.45) is 1.41. The standard InChI is InChI=1S/C16H22FNOS/c1-16(2)12-18(10-11-20-16)9-3-4-15(19)13-5-7-14(17)8-6-13/h5-8H,3-4,9-12H2,1-2H3. The van der Waals surface area contributed by atoms with E-state index < -0.39 is 0 Å². The molecule has 0 radical (unpaired) electrons. The van der Waals surface area contributed by atoms with Gasteiger partial charge in [-0.3, -0.25) is 4.79 Å². The van der Waals surface area contributed by atoms with Gasteiger partial charge in [-0.05, 0) is 51.1 Å². The van der Waals surface area contributed by atoms with E-state index in [0.717, 1.165) is 26.1 Å². The van der Waals surface area contributed by atoms with Gasteiger partial charge in [0, 0.05) is 35.6 Å². The van der Waals surface area contributed by atoms with Gasteiger partial charge >= 0.3 is 0 Å². The van der Waals surface area contributed by atoms with Crippen LogP contribution in [0.1, 0.15) is 37.0 Å². The van der Waals surface area contributed by atoms with E-state index in [1.807, 2.05) is 11.8 Å². The van der Waals surface area contributed by atoms with Crippen molar-refractivity contribution >= 4 is 17.5 Å². The molecule has 1 fully saturated rings. The van der Waals surface area contributed by atoms with Crippen molar-refractivity contribution in [2.24, 2.45) is 0 Å². The lowest BCUT2D eigenvalue weighted by Crippen LogP contribution is -2.43. The van der Waals surface area contributed by atoms with Crippen LogP contribution in [0.25, 0.3) is 0 Å². The zero-order valence-electron chi connectivity index (χ0n) is 12.2. The van der Waals surface area contributed by atoms with Crippen LogP contribution in [0.2, 0.25) is 0 Å². The predicted octanol–water partition coefficient (Wildman–Crippen LogP) is 3.62. The fraction of sp³-hybridized carbons (Fsp3) is 0.562. The first-order chi connectivity index (χ1) is 9.46. The van der Waals surface area contributed by atoms with Crippen LogP contribution in [0.15, 0.2) is 24.3 Å². The Balaban J connectivity index is 1.75. The Bertz CT molecular complexity index is 458. The predicted molar refractivity (Wildman–Crippen MR) is 82.9 cm³/mol. The Labute approximate surface area is 124 Å². The average molecular weight is 295 g/mol. The van der Waals surface area contributed by atoms with Crippen LogP contribution in [0.3, 0.4) is 0 Å². The van der Waals surface area contributed by atoms with Crippen molar-refractivity contribution in [3.8, 4) is 0 Å². The third-order valence-electron chi connectivity index (χ3n) is 3.55. The summed E-state index contributed by atoms with van der Waals surface area (Å²) in [4.78, 5) is 14.4. The summed E-state index contributed by atoms with van der Waals surface area (Å²) in [6.45, 7) is 7.71. The fourth-order valence-electron chi connectivity index (χ4n) is 2.55. The lowest BCUT2D eigenvalue weighted by molar-refractivity contribution is 0.0974.